The maximum Gasteiger partial charge on any atom is 0.338 e. The topological polar surface area (TPSA) is 60.4 Å². The lowest BCUT2D eigenvalue weighted by molar-refractivity contribution is 0.0472. The molecule has 3 aromatic rings. The fraction of sp³-hybridized carbons (Fsp3) is 0.0455. The summed E-state index contributed by atoms with van der Waals surface area (Å²) in [7, 11) is -3.72. The Balaban J connectivity index is 1.66. The molecule has 0 unspecified atom stereocenters. The molecule has 0 aromatic heterocycles. The van der Waals surface area contributed by atoms with E-state index in [4.69, 9.17) is 4.74 Å². The molecule has 0 heterocycles. The largest absolute Gasteiger partial charge is 0.457 e. The Bertz CT molecular complexity index is 1080. The molecule has 0 aliphatic carbocycles. The van der Waals surface area contributed by atoms with Crippen molar-refractivity contribution in [3.05, 3.63) is 102 Å². The lowest BCUT2D eigenvalue weighted by Crippen LogP contribution is -2.05. The zero-order chi connectivity index (χ0) is 19.1. The van der Waals surface area contributed by atoms with Gasteiger partial charge in [-0.3, -0.25) is 0 Å². The molecule has 3 aromatic carbocycles. The van der Waals surface area contributed by atoms with Gasteiger partial charge in [0.25, 0.3) is 0 Å². The van der Waals surface area contributed by atoms with Gasteiger partial charge in [-0.15, -0.1) is 0 Å². The summed E-state index contributed by atoms with van der Waals surface area (Å²) >= 11 is 0. The smallest absolute Gasteiger partial charge is 0.338 e. The molecular formula is C22H16O4S. The quantitative estimate of drug-likeness (QED) is 0.513. The number of hydrogen-bond acceptors (Lipinski definition) is 4. The number of esters is 1. The van der Waals surface area contributed by atoms with Gasteiger partial charge in [0.15, 0.2) is 0 Å². The molecule has 4 nitrogen and oxygen atoms in total. The fourth-order valence-corrected chi connectivity index (χ4v) is 3.14. The lowest BCUT2D eigenvalue weighted by atomic mass is 10.2. The van der Waals surface area contributed by atoms with Crippen LogP contribution in [-0.2, 0) is 21.2 Å². The molecule has 0 saturated heterocycles. The molecule has 5 heteroatoms. The molecule has 0 fully saturated rings. The number of sulfone groups is 1. The summed E-state index contributed by atoms with van der Waals surface area (Å²) in [5.41, 5.74) is 1.78. The van der Waals surface area contributed by atoms with Crippen LogP contribution in [0, 0.1) is 11.2 Å². The van der Waals surface area contributed by atoms with Crippen molar-refractivity contribution in [2.24, 2.45) is 0 Å². The molecule has 0 radical (unpaired) electrons. The summed E-state index contributed by atoms with van der Waals surface area (Å²) in [5.74, 6) is 2.22. The highest BCUT2D eigenvalue weighted by Gasteiger charge is 2.11. The van der Waals surface area contributed by atoms with E-state index in [1.807, 2.05) is 12.1 Å². The lowest BCUT2D eigenvalue weighted by Gasteiger charge is -2.05. The maximum atomic E-state index is 12.3. The van der Waals surface area contributed by atoms with E-state index in [1.54, 1.807) is 60.7 Å². The van der Waals surface area contributed by atoms with E-state index in [2.05, 4.69) is 11.2 Å². The van der Waals surface area contributed by atoms with Gasteiger partial charge in [-0.25, -0.2) is 13.2 Å². The number of ether oxygens (including phenoxy) is 1. The van der Waals surface area contributed by atoms with E-state index in [-0.39, 0.29) is 11.5 Å². The van der Waals surface area contributed by atoms with E-state index >= 15 is 0 Å². The van der Waals surface area contributed by atoms with E-state index < -0.39 is 15.8 Å². The minimum atomic E-state index is -3.72. The molecule has 134 valence electrons. The molecule has 0 N–H and O–H groups in total. The minimum Gasteiger partial charge on any atom is -0.457 e. The van der Waals surface area contributed by atoms with Crippen molar-refractivity contribution < 1.29 is 17.9 Å². The highest BCUT2D eigenvalue weighted by Crippen LogP contribution is 2.13. The number of benzene rings is 3. The predicted molar refractivity (Wildman–Crippen MR) is 103 cm³/mol. The van der Waals surface area contributed by atoms with Crippen molar-refractivity contribution in [3.63, 3.8) is 0 Å². The third-order valence-corrected chi connectivity index (χ3v) is 4.98. The van der Waals surface area contributed by atoms with E-state index in [0.717, 1.165) is 0 Å². The van der Waals surface area contributed by atoms with Crippen LogP contribution in [0.1, 0.15) is 21.5 Å². The van der Waals surface area contributed by atoms with Crippen LogP contribution in [0.5, 0.6) is 0 Å². The minimum absolute atomic E-state index is 0.0593. The molecule has 0 amide bonds. The van der Waals surface area contributed by atoms with Crippen molar-refractivity contribution in [1.29, 1.82) is 0 Å². The molecule has 0 saturated carbocycles. The Morgan fingerprint density at radius 1 is 0.815 bits per heavy atom. The summed E-state index contributed by atoms with van der Waals surface area (Å²) in [6.07, 6.45) is 0. The Hall–Kier alpha value is -3.36. The zero-order valence-electron chi connectivity index (χ0n) is 14.3. The number of hydrogen-bond donors (Lipinski definition) is 0. The van der Waals surface area contributed by atoms with Crippen LogP contribution < -0.4 is 0 Å². The molecule has 0 aliphatic rings. The van der Waals surface area contributed by atoms with Gasteiger partial charge in [-0.2, -0.15) is 0 Å². The highest BCUT2D eigenvalue weighted by atomic mass is 32.2. The first-order valence-electron chi connectivity index (χ1n) is 8.18. The highest BCUT2D eigenvalue weighted by molar-refractivity contribution is 7.96. The van der Waals surface area contributed by atoms with Gasteiger partial charge in [0.05, 0.1) is 10.5 Å². The molecule has 0 atom stereocenters. The first-order valence-corrected chi connectivity index (χ1v) is 9.67. The summed E-state index contributed by atoms with van der Waals surface area (Å²) in [6.45, 7) is 0.0593. The fourth-order valence-electron chi connectivity index (χ4n) is 2.28. The van der Waals surface area contributed by atoms with Gasteiger partial charge in [-0.05, 0) is 47.9 Å². The van der Waals surface area contributed by atoms with Crippen molar-refractivity contribution in [3.8, 4) is 11.2 Å². The van der Waals surface area contributed by atoms with Crippen molar-refractivity contribution >= 4 is 15.8 Å². The van der Waals surface area contributed by atoms with Crippen LogP contribution in [0.2, 0.25) is 0 Å². The second kappa shape index (κ2) is 8.35. The molecular weight excluding hydrogens is 360 g/mol. The third kappa shape index (κ3) is 5.06. The van der Waals surface area contributed by atoms with Crippen LogP contribution in [0.15, 0.2) is 89.8 Å². The summed E-state index contributed by atoms with van der Waals surface area (Å²) in [4.78, 5) is 12.0. The number of carbonyl (C=O) groups excluding carboxylic acids is 1. The van der Waals surface area contributed by atoms with Crippen LogP contribution >= 0.6 is 0 Å². The molecule has 0 bridgehead atoms. The van der Waals surface area contributed by atoms with Gasteiger partial charge < -0.3 is 4.74 Å². The summed E-state index contributed by atoms with van der Waals surface area (Å²) in [6, 6.07) is 23.7. The Morgan fingerprint density at radius 3 is 2.04 bits per heavy atom. The molecule has 0 spiro atoms. The number of carbonyl (C=O) groups is 1. The van der Waals surface area contributed by atoms with Gasteiger partial charge in [0.1, 0.15) is 6.61 Å². The van der Waals surface area contributed by atoms with Gasteiger partial charge in [0, 0.05) is 10.8 Å². The van der Waals surface area contributed by atoms with Crippen molar-refractivity contribution in [2.75, 3.05) is 0 Å². The van der Waals surface area contributed by atoms with E-state index in [0.29, 0.717) is 16.7 Å². The Morgan fingerprint density at radius 2 is 1.41 bits per heavy atom. The normalized spacial score (nSPS) is 10.5. The Kier molecular flexibility index (Phi) is 5.70. The average molecular weight is 376 g/mol. The zero-order valence-corrected chi connectivity index (χ0v) is 15.1. The van der Waals surface area contributed by atoms with Crippen LogP contribution in [-0.4, -0.2) is 14.4 Å². The van der Waals surface area contributed by atoms with Crippen LogP contribution in [0.25, 0.3) is 0 Å². The van der Waals surface area contributed by atoms with Crippen molar-refractivity contribution in [1.82, 2.24) is 0 Å². The van der Waals surface area contributed by atoms with Gasteiger partial charge in [-0.1, -0.05) is 48.5 Å². The van der Waals surface area contributed by atoms with E-state index in [1.165, 1.54) is 12.1 Å². The van der Waals surface area contributed by atoms with Crippen molar-refractivity contribution in [2.45, 2.75) is 11.5 Å². The third-order valence-electron chi connectivity index (χ3n) is 3.72. The summed E-state index contributed by atoms with van der Waals surface area (Å²) in [5, 5.41) is 2.32. The standard InChI is InChI=1S/C22H16O4S/c23-22(20-9-5-2-6-10-20)26-17-19-11-13-21(14-12-19)27(24,25)16-15-18-7-3-1-4-8-18/h1-14H,17H2. The molecule has 3 rings (SSSR count). The molecule has 27 heavy (non-hydrogen) atoms. The second-order valence-electron chi connectivity index (χ2n) is 5.68. The van der Waals surface area contributed by atoms with Gasteiger partial charge in [0.2, 0.25) is 9.84 Å². The number of rotatable bonds is 4. The monoisotopic (exact) mass is 376 g/mol. The van der Waals surface area contributed by atoms with Gasteiger partial charge >= 0.3 is 5.97 Å². The maximum absolute atomic E-state index is 12.3. The van der Waals surface area contributed by atoms with Crippen LogP contribution in [0.4, 0.5) is 0 Å². The van der Waals surface area contributed by atoms with E-state index in [9.17, 15) is 13.2 Å². The predicted octanol–water partition coefficient (Wildman–Crippen LogP) is 3.83. The summed E-state index contributed by atoms with van der Waals surface area (Å²) < 4.78 is 29.8. The van der Waals surface area contributed by atoms with Crippen LogP contribution in [0.3, 0.4) is 0 Å². The second-order valence-corrected chi connectivity index (χ2v) is 7.37. The Labute approximate surface area is 158 Å². The first kappa shape index (κ1) is 18.4. The average Bonchev–Trinajstić information content (AvgIpc) is 2.72. The first-order chi connectivity index (χ1) is 13.0. The SMILES string of the molecule is O=C(OCc1ccc(S(=O)(=O)C#Cc2ccccc2)cc1)c1ccccc1. The molecule has 0 aliphatic heterocycles.